The Morgan fingerprint density at radius 2 is 2.15 bits per heavy atom. The number of hydrogen-bond acceptors (Lipinski definition) is 2. The van der Waals surface area contributed by atoms with E-state index in [2.05, 4.69) is 0 Å². The van der Waals surface area contributed by atoms with Gasteiger partial charge in [-0.1, -0.05) is 0 Å². The van der Waals surface area contributed by atoms with E-state index >= 15 is 0 Å². The first kappa shape index (κ1) is 8.44. The molecule has 0 spiro atoms. The molecule has 2 rings (SSSR count). The minimum atomic E-state index is -0.885. The van der Waals surface area contributed by atoms with Gasteiger partial charge in [-0.15, -0.1) is 0 Å². The molecule has 2 nitrogen and oxygen atoms in total. The molecule has 0 saturated heterocycles. The minimum absolute atomic E-state index is 0.159. The molecule has 0 radical (unpaired) electrons. The van der Waals surface area contributed by atoms with Gasteiger partial charge in [0.25, 0.3) is 0 Å². The quantitative estimate of drug-likeness (QED) is 0.668. The molecule has 1 aromatic carbocycles. The third-order valence-electron chi connectivity index (χ3n) is 2.15. The second-order valence-corrected chi connectivity index (χ2v) is 3.02. The molecule has 4 heteroatoms. The number of benzene rings is 1. The largest absolute Gasteiger partial charge is 0.493 e. The zero-order chi connectivity index (χ0) is 9.42. The Morgan fingerprint density at radius 1 is 1.38 bits per heavy atom. The summed E-state index contributed by atoms with van der Waals surface area (Å²) in [5, 5.41) is 0. The highest BCUT2D eigenvalue weighted by Crippen LogP contribution is 2.33. The van der Waals surface area contributed by atoms with Crippen LogP contribution >= 0.6 is 0 Å². The summed E-state index contributed by atoms with van der Waals surface area (Å²) in [6, 6.07) is 2.00. The predicted octanol–water partition coefficient (Wildman–Crippen LogP) is 1.75. The maximum Gasteiger partial charge on any atom is 0.167 e. The summed E-state index contributed by atoms with van der Waals surface area (Å²) in [5.41, 5.74) is 5.79. The summed E-state index contributed by atoms with van der Waals surface area (Å²) in [5.74, 6) is -1.40. The highest BCUT2D eigenvalue weighted by molar-refractivity contribution is 5.39. The number of rotatable bonds is 0. The van der Waals surface area contributed by atoms with Gasteiger partial charge in [-0.05, 0) is 12.1 Å². The second kappa shape index (κ2) is 2.96. The van der Waals surface area contributed by atoms with Crippen LogP contribution in [-0.2, 0) is 0 Å². The normalized spacial score (nSPS) is 20.7. The zero-order valence-corrected chi connectivity index (χ0v) is 6.89. The molecule has 0 aromatic heterocycles. The maximum atomic E-state index is 13.2. The van der Waals surface area contributed by atoms with Gasteiger partial charge >= 0.3 is 0 Å². The van der Waals surface area contributed by atoms with Crippen molar-refractivity contribution in [2.75, 3.05) is 6.61 Å². The molecule has 1 aromatic rings. The molecule has 0 bridgehead atoms. The smallest absolute Gasteiger partial charge is 0.167 e. The standard InChI is InChI=1S/C9H9F2NO/c10-5-1-2-7-8(9(5)11)6(12)3-4-13-7/h1-2,6H,3-4,12H2/t6-/m0/s1. The zero-order valence-electron chi connectivity index (χ0n) is 6.89. The Balaban J connectivity index is 2.58. The van der Waals surface area contributed by atoms with Crippen LogP contribution in [0.3, 0.4) is 0 Å². The van der Waals surface area contributed by atoms with Gasteiger partial charge in [0, 0.05) is 18.0 Å². The van der Waals surface area contributed by atoms with Crippen molar-refractivity contribution in [3.8, 4) is 5.75 Å². The van der Waals surface area contributed by atoms with Crippen LogP contribution < -0.4 is 10.5 Å². The maximum absolute atomic E-state index is 13.2. The number of fused-ring (bicyclic) bond motifs is 1. The van der Waals surface area contributed by atoms with E-state index in [1.807, 2.05) is 0 Å². The van der Waals surface area contributed by atoms with Crippen LogP contribution in [0.4, 0.5) is 8.78 Å². The topological polar surface area (TPSA) is 35.2 Å². The lowest BCUT2D eigenvalue weighted by Gasteiger charge is -2.23. The third-order valence-corrected chi connectivity index (χ3v) is 2.15. The van der Waals surface area contributed by atoms with Crippen molar-refractivity contribution >= 4 is 0 Å². The van der Waals surface area contributed by atoms with Crippen LogP contribution in [0.25, 0.3) is 0 Å². The summed E-state index contributed by atoms with van der Waals surface area (Å²) >= 11 is 0. The monoisotopic (exact) mass is 185 g/mol. The van der Waals surface area contributed by atoms with Gasteiger partial charge in [-0.25, -0.2) is 8.78 Å². The van der Waals surface area contributed by atoms with Gasteiger partial charge in [-0.3, -0.25) is 0 Å². The van der Waals surface area contributed by atoms with Gasteiger partial charge in [0.2, 0.25) is 0 Å². The molecule has 0 unspecified atom stereocenters. The molecule has 2 N–H and O–H groups in total. The summed E-state index contributed by atoms with van der Waals surface area (Å²) in [6.45, 7) is 0.458. The summed E-state index contributed by atoms with van der Waals surface area (Å²) in [7, 11) is 0. The van der Waals surface area contributed by atoms with Crippen molar-refractivity contribution in [3.63, 3.8) is 0 Å². The number of halogens is 2. The van der Waals surface area contributed by atoms with Crippen LogP contribution in [0.5, 0.6) is 5.75 Å². The minimum Gasteiger partial charge on any atom is -0.493 e. The van der Waals surface area contributed by atoms with Crippen LogP contribution in [0.15, 0.2) is 12.1 Å². The van der Waals surface area contributed by atoms with Gasteiger partial charge < -0.3 is 10.5 Å². The molecule has 1 heterocycles. The van der Waals surface area contributed by atoms with Gasteiger partial charge in [0.1, 0.15) is 5.75 Å². The van der Waals surface area contributed by atoms with Gasteiger partial charge in [-0.2, -0.15) is 0 Å². The lowest BCUT2D eigenvalue weighted by atomic mass is 10.0. The van der Waals surface area contributed by atoms with Crippen molar-refractivity contribution in [3.05, 3.63) is 29.3 Å². The molecule has 0 amide bonds. The van der Waals surface area contributed by atoms with Crippen molar-refractivity contribution in [2.24, 2.45) is 5.73 Å². The lowest BCUT2D eigenvalue weighted by molar-refractivity contribution is 0.261. The highest BCUT2D eigenvalue weighted by atomic mass is 19.2. The summed E-state index contributed by atoms with van der Waals surface area (Å²) < 4.78 is 31.1. The van der Waals surface area contributed by atoms with E-state index in [0.717, 1.165) is 6.07 Å². The average Bonchev–Trinajstić information content (AvgIpc) is 2.12. The first-order chi connectivity index (χ1) is 6.20. The number of nitrogens with two attached hydrogens (primary N) is 1. The van der Waals surface area contributed by atoms with E-state index in [-0.39, 0.29) is 5.56 Å². The molecular formula is C9H9F2NO. The van der Waals surface area contributed by atoms with Crippen molar-refractivity contribution in [2.45, 2.75) is 12.5 Å². The van der Waals surface area contributed by atoms with Crippen molar-refractivity contribution < 1.29 is 13.5 Å². The first-order valence-electron chi connectivity index (χ1n) is 4.06. The average molecular weight is 185 g/mol. The predicted molar refractivity (Wildman–Crippen MR) is 43.4 cm³/mol. The Kier molecular flexibility index (Phi) is 1.92. The molecule has 1 atom stereocenters. The highest BCUT2D eigenvalue weighted by Gasteiger charge is 2.24. The van der Waals surface area contributed by atoms with Crippen molar-refractivity contribution in [1.82, 2.24) is 0 Å². The lowest BCUT2D eigenvalue weighted by Crippen LogP contribution is -2.22. The molecule has 13 heavy (non-hydrogen) atoms. The number of ether oxygens (including phenoxy) is 1. The van der Waals surface area contributed by atoms with Crippen molar-refractivity contribution in [1.29, 1.82) is 0 Å². The third kappa shape index (κ3) is 1.27. The summed E-state index contributed by atoms with van der Waals surface area (Å²) in [4.78, 5) is 0. The van der Waals surface area contributed by atoms with Crippen LogP contribution in [0.1, 0.15) is 18.0 Å². The molecule has 1 aliphatic rings. The Morgan fingerprint density at radius 3 is 2.92 bits per heavy atom. The fourth-order valence-corrected chi connectivity index (χ4v) is 1.46. The van der Waals surface area contributed by atoms with Crippen LogP contribution in [0, 0.1) is 11.6 Å². The van der Waals surface area contributed by atoms with E-state index in [1.54, 1.807) is 0 Å². The molecule has 1 aliphatic heterocycles. The van der Waals surface area contributed by atoms with E-state index in [1.165, 1.54) is 6.07 Å². The first-order valence-corrected chi connectivity index (χ1v) is 4.06. The van der Waals surface area contributed by atoms with E-state index in [4.69, 9.17) is 10.5 Å². The molecule has 0 saturated carbocycles. The summed E-state index contributed by atoms with van der Waals surface area (Å²) in [6.07, 6.45) is 0.521. The Labute approximate surface area is 74.3 Å². The molecule has 0 aliphatic carbocycles. The second-order valence-electron chi connectivity index (χ2n) is 3.02. The van der Waals surface area contributed by atoms with E-state index in [9.17, 15) is 8.78 Å². The molecular weight excluding hydrogens is 176 g/mol. The fourth-order valence-electron chi connectivity index (χ4n) is 1.46. The van der Waals surface area contributed by atoms with Crippen LogP contribution in [0.2, 0.25) is 0 Å². The number of hydrogen-bond donors (Lipinski definition) is 1. The van der Waals surface area contributed by atoms with Crippen LogP contribution in [-0.4, -0.2) is 6.61 Å². The van der Waals surface area contributed by atoms with Gasteiger partial charge in [0.05, 0.1) is 6.61 Å². The fraction of sp³-hybridized carbons (Fsp3) is 0.333. The SMILES string of the molecule is N[C@H]1CCOc2ccc(F)c(F)c21. The Bertz CT molecular complexity index is 341. The van der Waals surface area contributed by atoms with E-state index in [0.29, 0.717) is 18.8 Å². The van der Waals surface area contributed by atoms with E-state index < -0.39 is 17.7 Å². The molecule has 70 valence electrons. The van der Waals surface area contributed by atoms with Gasteiger partial charge in [0.15, 0.2) is 11.6 Å². The Hall–Kier alpha value is -1.16. The molecule has 0 fully saturated rings.